The number of fused-ring (bicyclic) bond motifs is 1. The number of nitrogens with one attached hydrogen (secondary N) is 1. The molecule has 0 saturated heterocycles. The van der Waals surface area contributed by atoms with E-state index < -0.39 is 17.2 Å². The minimum atomic E-state index is -0.606. The Kier molecular flexibility index (Phi) is 4.39. The third-order valence-electron chi connectivity index (χ3n) is 3.18. The van der Waals surface area contributed by atoms with Crippen molar-refractivity contribution in [1.29, 1.82) is 0 Å². The fourth-order valence-corrected chi connectivity index (χ4v) is 3.08. The van der Waals surface area contributed by atoms with Gasteiger partial charge in [0.1, 0.15) is 16.4 Å². The van der Waals surface area contributed by atoms with Crippen LogP contribution in [0, 0.1) is 11.7 Å². The average molecular weight is 347 g/mol. The van der Waals surface area contributed by atoms with Crippen LogP contribution in [0.25, 0.3) is 11.0 Å². The van der Waals surface area contributed by atoms with E-state index in [1.54, 1.807) is 0 Å². The van der Waals surface area contributed by atoms with E-state index in [1.165, 1.54) is 17.4 Å². The van der Waals surface area contributed by atoms with Gasteiger partial charge in [-0.15, -0.1) is 10.2 Å². The molecular formula is C16H14FN3O3S. The molecule has 1 N–H and O–H groups in total. The van der Waals surface area contributed by atoms with Crippen LogP contribution in [-0.4, -0.2) is 16.1 Å². The van der Waals surface area contributed by atoms with Crippen molar-refractivity contribution in [2.24, 2.45) is 5.92 Å². The van der Waals surface area contributed by atoms with Gasteiger partial charge in [-0.3, -0.25) is 14.9 Å². The Morgan fingerprint density at radius 1 is 1.33 bits per heavy atom. The molecule has 0 atom stereocenters. The summed E-state index contributed by atoms with van der Waals surface area (Å²) in [5.41, 5.74) is -0.342. The maximum atomic E-state index is 13.2. The molecular weight excluding hydrogens is 333 g/mol. The molecule has 2 aromatic heterocycles. The number of carbonyl (C=O) groups excluding carboxylic acids is 1. The molecule has 0 aliphatic heterocycles. The molecule has 0 aliphatic rings. The molecule has 6 nitrogen and oxygen atoms in total. The number of halogens is 1. The van der Waals surface area contributed by atoms with Crippen LogP contribution >= 0.6 is 11.3 Å². The van der Waals surface area contributed by atoms with Gasteiger partial charge in [0.05, 0.1) is 5.39 Å². The van der Waals surface area contributed by atoms with E-state index in [4.69, 9.17) is 4.42 Å². The van der Waals surface area contributed by atoms with E-state index in [2.05, 4.69) is 29.4 Å². The first-order valence-electron chi connectivity index (χ1n) is 7.29. The first-order valence-corrected chi connectivity index (χ1v) is 8.11. The molecule has 0 saturated carbocycles. The highest BCUT2D eigenvalue weighted by Crippen LogP contribution is 2.20. The molecule has 3 aromatic rings. The van der Waals surface area contributed by atoms with Gasteiger partial charge in [-0.1, -0.05) is 25.2 Å². The summed E-state index contributed by atoms with van der Waals surface area (Å²) in [6.45, 7) is 4.12. The Hall–Kier alpha value is -2.61. The molecule has 0 bridgehead atoms. The van der Waals surface area contributed by atoms with Gasteiger partial charge in [0.2, 0.25) is 5.13 Å². The second kappa shape index (κ2) is 6.48. The molecule has 0 unspecified atom stereocenters. The summed E-state index contributed by atoms with van der Waals surface area (Å²) in [7, 11) is 0. The standard InChI is InChI=1S/C16H14FN3O3S/c1-8(2)5-14-19-20-16(24-14)18-15(22)13-7-11(21)10-6-9(17)3-4-12(10)23-13/h3-4,6-8H,5H2,1-2H3,(H,18,20,22). The van der Waals surface area contributed by atoms with Crippen molar-refractivity contribution in [3.8, 4) is 0 Å². The lowest BCUT2D eigenvalue weighted by Gasteiger charge is -2.02. The van der Waals surface area contributed by atoms with Crippen LogP contribution in [0.3, 0.4) is 0 Å². The van der Waals surface area contributed by atoms with Gasteiger partial charge in [0.25, 0.3) is 5.91 Å². The van der Waals surface area contributed by atoms with Crippen molar-refractivity contribution in [1.82, 2.24) is 10.2 Å². The van der Waals surface area contributed by atoms with E-state index >= 15 is 0 Å². The van der Waals surface area contributed by atoms with Gasteiger partial charge in [0.15, 0.2) is 11.2 Å². The van der Waals surface area contributed by atoms with Crippen LogP contribution in [0.15, 0.2) is 33.5 Å². The minimum absolute atomic E-state index is 0.0849. The predicted molar refractivity (Wildman–Crippen MR) is 88.8 cm³/mol. The summed E-state index contributed by atoms with van der Waals surface area (Å²) in [5.74, 6) is -0.885. The van der Waals surface area contributed by atoms with Crippen LogP contribution in [0.2, 0.25) is 0 Å². The first-order chi connectivity index (χ1) is 11.4. The first kappa shape index (κ1) is 16.3. The predicted octanol–water partition coefficient (Wildman–Crippen LogP) is 3.23. The second-order valence-corrected chi connectivity index (χ2v) is 6.73. The van der Waals surface area contributed by atoms with Crippen LogP contribution < -0.4 is 10.7 Å². The number of amides is 1. The molecule has 0 spiro atoms. The van der Waals surface area contributed by atoms with Gasteiger partial charge < -0.3 is 4.42 Å². The van der Waals surface area contributed by atoms with Gasteiger partial charge in [0, 0.05) is 12.5 Å². The number of hydrogen-bond acceptors (Lipinski definition) is 6. The van der Waals surface area contributed by atoms with Crippen LogP contribution in [0.1, 0.15) is 29.4 Å². The fourth-order valence-electron chi connectivity index (χ4n) is 2.13. The largest absolute Gasteiger partial charge is 0.451 e. The zero-order valence-corrected chi connectivity index (χ0v) is 13.8. The normalized spacial score (nSPS) is 11.2. The monoisotopic (exact) mass is 347 g/mol. The number of hydrogen-bond donors (Lipinski definition) is 1. The Labute approximate surface area is 140 Å². The maximum Gasteiger partial charge on any atom is 0.293 e. The Bertz CT molecular complexity index is 965. The van der Waals surface area contributed by atoms with E-state index in [0.29, 0.717) is 11.0 Å². The zero-order chi connectivity index (χ0) is 17.3. The lowest BCUT2D eigenvalue weighted by atomic mass is 10.1. The molecule has 1 amide bonds. The highest BCUT2D eigenvalue weighted by atomic mass is 32.1. The van der Waals surface area contributed by atoms with Gasteiger partial charge in [-0.25, -0.2) is 4.39 Å². The van der Waals surface area contributed by atoms with Crippen LogP contribution in [0.4, 0.5) is 9.52 Å². The molecule has 1 aromatic carbocycles. The number of nitrogens with zero attached hydrogens (tertiary/aromatic N) is 2. The average Bonchev–Trinajstić information content (AvgIpc) is 2.94. The summed E-state index contributed by atoms with van der Waals surface area (Å²) in [4.78, 5) is 24.2. The second-order valence-electron chi connectivity index (χ2n) is 5.67. The zero-order valence-electron chi connectivity index (χ0n) is 13.0. The third kappa shape index (κ3) is 3.48. The molecule has 0 radical (unpaired) electrons. The van der Waals surface area contributed by atoms with E-state index in [-0.39, 0.29) is 16.7 Å². The van der Waals surface area contributed by atoms with Crippen LogP contribution in [-0.2, 0) is 6.42 Å². The molecule has 124 valence electrons. The highest BCUT2D eigenvalue weighted by Gasteiger charge is 2.15. The fraction of sp³-hybridized carbons (Fsp3) is 0.250. The van der Waals surface area contributed by atoms with E-state index in [1.807, 2.05) is 0 Å². The smallest absolute Gasteiger partial charge is 0.293 e. The molecule has 24 heavy (non-hydrogen) atoms. The van der Waals surface area contributed by atoms with Crippen molar-refractivity contribution < 1.29 is 13.6 Å². The summed E-state index contributed by atoms with van der Waals surface area (Å²) in [5, 5.41) is 11.7. The van der Waals surface area contributed by atoms with Crippen molar-refractivity contribution in [2.75, 3.05) is 5.32 Å². The summed E-state index contributed by atoms with van der Waals surface area (Å²) >= 11 is 1.27. The molecule has 0 aliphatic carbocycles. The van der Waals surface area contributed by atoms with E-state index in [9.17, 15) is 14.0 Å². The Balaban J connectivity index is 1.85. The molecule has 8 heteroatoms. The third-order valence-corrected chi connectivity index (χ3v) is 4.04. The molecule has 3 rings (SSSR count). The van der Waals surface area contributed by atoms with Gasteiger partial charge in [-0.05, 0) is 24.1 Å². The van der Waals surface area contributed by atoms with Crippen LogP contribution in [0.5, 0.6) is 0 Å². The number of carbonyl (C=O) groups is 1. The van der Waals surface area contributed by atoms with Crippen molar-refractivity contribution in [2.45, 2.75) is 20.3 Å². The summed E-state index contributed by atoms with van der Waals surface area (Å²) < 4.78 is 18.6. The number of aromatic nitrogens is 2. The Morgan fingerprint density at radius 2 is 2.12 bits per heavy atom. The number of benzene rings is 1. The topological polar surface area (TPSA) is 85.1 Å². The maximum absolute atomic E-state index is 13.2. The quantitative estimate of drug-likeness (QED) is 0.783. The molecule has 0 fully saturated rings. The van der Waals surface area contributed by atoms with Crippen molar-refractivity contribution in [3.63, 3.8) is 0 Å². The summed E-state index contributed by atoms with van der Waals surface area (Å²) in [6, 6.07) is 4.59. The SMILES string of the molecule is CC(C)Cc1nnc(NC(=O)c2cc(=O)c3cc(F)ccc3o2)s1. The highest BCUT2D eigenvalue weighted by molar-refractivity contribution is 7.15. The van der Waals surface area contributed by atoms with E-state index in [0.717, 1.165) is 29.6 Å². The lowest BCUT2D eigenvalue weighted by Crippen LogP contribution is -2.15. The van der Waals surface area contributed by atoms with Crippen molar-refractivity contribution in [3.05, 3.63) is 51.1 Å². The number of rotatable bonds is 4. The summed E-state index contributed by atoms with van der Waals surface area (Å²) in [6.07, 6.45) is 0.768. The molecule has 2 heterocycles. The minimum Gasteiger partial charge on any atom is -0.451 e. The lowest BCUT2D eigenvalue weighted by molar-refractivity contribution is 0.0997. The van der Waals surface area contributed by atoms with Gasteiger partial charge in [-0.2, -0.15) is 0 Å². The number of anilines is 1. The van der Waals surface area contributed by atoms with Crippen molar-refractivity contribution >= 4 is 33.3 Å². The Morgan fingerprint density at radius 3 is 2.88 bits per heavy atom. The van der Waals surface area contributed by atoms with Gasteiger partial charge >= 0.3 is 0 Å².